The number of rotatable bonds is 22. The Kier molecular flexibility index (Phi) is 20.1. The maximum absolute atomic E-state index is 11.8. The molecule has 0 spiro atoms. The highest BCUT2D eigenvalue weighted by molar-refractivity contribution is 7.46. The largest absolute Gasteiger partial charge is 0.469 e. The molecule has 0 aliphatic carbocycles. The molecule has 0 saturated heterocycles. The second-order valence-electron chi connectivity index (χ2n) is 7.68. The molecular formula is C21H43O8P. The fourth-order valence-corrected chi connectivity index (χ4v) is 3.45. The molecule has 0 fully saturated rings. The molecule has 1 atom stereocenters. The summed E-state index contributed by atoms with van der Waals surface area (Å²) in [7, 11) is -4.63. The van der Waals surface area contributed by atoms with Gasteiger partial charge in [0.25, 0.3) is 0 Å². The van der Waals surface area contributed by atoms with Crippen LogP contribution in [0.1, 0.15) is 96.8 Å². The Balaban J connectivity index is 3.61. The molecule has 180 valence electrons. The van der Waals surface area contributed by atoms with Gasteiger partial charge in [-0.25, -0.2) is 4.57 Å². The fourth-order valence-electron chi connectivity index (χ4n) is 3.09. The van der Waals surface area contributed by atoms with Crippen LogP contribution in [0.4, 0.5) is 0 Å². The van der Waals surface area contributed by atoms with Crippen molar-refractivity contribution < 1.29 is 38.3 Å². The lowest BCUT2D eigenvalue weighted by Gasteiger charge is -2.17. The minimum atomic E-state index is -4.63. The number of esters is 1. The third kappa shape index (κ3) is 22.2. The monoisotopic (exact) mass is 454 g/mol. The van der Waals surface area contributed by atoms with E-state index in [0.717, 1.165) is 19.3 Å². The molecule has 0 bridgehead atoms. The predicted octanol–water partition coefficient (Wildman–Crippen LogP) is 4.50. The zero-order valence-corrected chi connectivity index (χ0v) is 19.5. The van der Waals surface area contributed by atoms with Gasteiger partial charge in [-0.15, -0.1) is 0 Å². The van der Waals surface area contributed by atoms with Crippen LogP contribution in [0.15, 0.2) is 0 Å². The lowest BCUT2D eigenvalue weighted by molar-refractivity contribution is -0.149. The molecule has 0 unspecified atom stereocenters. The highest BCUT2D eigenvalue weighted by Gasteiger charge is 2.20. The minimum Gasteiger partial charge on any atom is -0.463 e. The molecule has 30 heavy (non-hydrogen) atoms. The van der Waals surface area contributed by atoms with Crippen LogP contribution >= 0.6 is 7.82 Å². The van der Waals surface area contributed by atoms with Gasteiger partial charge in [-0.2, -0.15) is 0 Å². The van der Waals surface area contributed by atoms with Crippen LogP contribution in [0, 0.1) is 0 Å². The van der Waals surface area contributed by atoms with Gasteiger partial charge in [0.1, 0.15) is 12.7 Å². The molecule has 0 aromatic rings. The number of carbonyl (C=O) groups is 1. The van der Waals surface area contributed by atoms with E-state index < -0.39 is 20.5 Å². The lowest BCUT2D eigenvalue weighted by atomic mass is 10.0. The van der Waals surface area contributed by atoms with E-state index in [0.29, 0.717) is 6.42 Å². The Morgan fingerprint density at radius 2 is 1.33 bits per heavy atom. The van der Waals surface area contributed by atoms with E-state index >= 15 is 0 Å². The highest BCUT2D eigenvalue weighted by Crippen LogP contribution is 2.35. The second kappa shape index (κ2) is 20.4. The summed E-state index contributed by atoms with van der Waals surface area (Å²) in [5, 5.41) is 8.78. The minimum absolute atomic E-state index is 0.0361. The van der Waals surface area contributed by atoms with Gasteiger partial charge in [-0.05, 0) is 6.42 Å². The summed E-state index contributed by atoms with van der Waals surface area (Å²) < 4.78 is 25.4. The van der Waals surface area contributed by atoms with E-state index in [1.165, 1.54) is 64.2 Å². The second-order valence-corrected chi connectivity index (χ2v) is 8.92. The number of carbonyl (C=O) groups excluding carboxylic acids is 1. The molecule has 0 amide bonds. The molecule has 8 nitrogen and oxygen atoms in total. The summed E-state index contributed by atoms with van der Waals surface area (Å²) in [4.78, 5) is 29.3. The van der Waals surface area contributed by atoms with Gasteiger partial charge >= 0.3 is 13.8 Å². The van der Waals surface area contributed by atoms with E-state index in [-0.39, 0.29) is 25.8 Å². The van der Waals surface area contributed by atoms with Crippen molar-refractivity contribution in [2.45, 2.75) is 103 Å². The van der Waals surface area contributed by atoms with Crippen molar-refractivity contribution in [1.29, 1.82) is 0 Å². The molecule has 0 rings (SSSR count). The average molecular weight is 455 g/mol. The predicted molar refractivity (Wildman–Crippen MR) is 116 cm³/mol. The number of phosphoric acid groups is 1. The average Bonchev–Trinajstić information content (AvgIpc) is 2.70. The van der Waals surface area contributed by atoms with E-state index in [9.17, 15) is 9.36 Å². The molecule has 0 aliphatic rings. The standard InChI is InChI=1S/C21H43O8P/c1-2-3-4-5-6-7-8-9-10-11-12-13-14-15-21(23)28-18-20(27-17-16-22)19-29-30(24,25)26/h20,22H,2-19H2,1H3,(H2,24,25,26)/t20-/m0/s1. The number of unbranched alkanes of at least 4 members (excludes halogenated alkanes) is 12. The molecule has 0 heterocycles. The van der Waals surface area contributed by atoms with E-state index in [2.05, 4.69) is 11.4 Å². The zero-order chi connectivity index (χ0) is 22.5. The number of aliphatic hydroxyl groups excluding tert-OH is 1. The molecular weight excluding hydrogens is 411 g/mol. The Morgan fingerprint density at radius 3 is 1.80 bits per heavy atom. The maximum Gasteiger partial charge on any atom is 0.469 e. The van der Waals surface area contributed by atoms with Gasteiger partial charge in [0, 0.05) is 6.42 Å². The number of hydrogen-bond acceptors (Lipinski definition) is 6. The molecule has 0 saturated carbocycles. The number of phosphoric ester groups is 1. The number of hydrogen-bond donors (Lipinski definition) is 3. The molecule has 0 aromatic carbocycles. The molecule has 0 aliphatic heterocycles. The Hall–Kier alpha value is -0.500. The Bertz CT molecular complexity index is 441. The van der Waals surface area contributed by atoms with Gasteiger partial charge in [0.2, 0.25) is 0 Å². The molecule has 3 N–H and O–H groups in total. The van der Waals surface area contributed by atoms with Crippen LogP contribution in [-0.4, -0.2) is 53.4 Å². The van der Waals surface area contributed by atoms with Crippen molar-refractivity contribution in [3.05, 3.63) is 0 Å². The molecule has 0 radical (unpaired) electrons. The summed E-state index contributed by atoms with van der Waals surface area (Å²) in [6.45, 7) is 1.36. The Labute approximate surface area is 181 Å². The van der Waals surface area contributed by atoms with Crippen LogP contribution < -0.4 is 0 Å². The van der Waals surface area contributed by atoms with Gasteiger partial charge in [0.15, 0.2) is 0 Å². The SMILES string of the molecule is CCCCCCCCCCCCCCCC(=O)OC[C@@H](COP(=O)(O)O)OCCO. The first-order chi connectivity index (χ1) is 14.4. The molecule has 9 heteroatoms. The van der Waals surface area contributed by atoms with Crippen molar-refractivity contribution in [3.63, 3.8) is 0 Å². The zero-order valence-electron chi connectivity index (χ0n) is 18.6. The van der Waals surface area contributed by atoms with Crippen LogP contribution in [0.5, 0.6) is 0 Å². The fraction of sp³-hybridized carbons (Fsp3) is 0.952. The smallest absolute Gasteiger partial charge is 0.463 e. The summed E-state index contributed by atoms with van der Waals surface area (Å²) in [6, 6.07) is 0. The van der Waals surface area contributed by atoms with Crippen molar-refractivity contribution in [2.24, 2.45) is 0 Å². The first-order valence-electron chi connectivity index (χ1n) is 11.5. The topological polar surface area (TPSA) is 123 Å². The lowest BCUT2D eigenvalue weighted by Crippen LogP contribution is -2.28. The number of aliphatic hydroxyl groups is 1. The molecule has 0 aromatic heterocycles. The summed E-state index contributed by atoms with van der Waals surface area (Å²) in [5.41, 5.74) is 0. The summed E-state index contributed by atoms with van der Waals surface area (Å²) in [6.07, 6.45) is 15.5. The van der Waals surface area contributed by atoms with Crippen LogP contribution in [0.2, 0.25) is 0 Å². The van der Waals surface area contributed by atoms with Crippen molar-refractivity contribution in [3.8, 4) is 0 Å². The van der Waals surface area contributed by atoms with E-state index in [1.807, 2.05) is 0 Å². The third-order valence-electron chi connectivity index (χ3n) is 4.79. The third-order valence-corrected chi connectivity index (χ3v) is 5.27. The maximum atomic E-state index is 11.8. The normalized spacial score (nSPS) is 12.8. The van der Waals surface area contributed by atoms with Crippen molar-refractivity contribution in [2.75, 3.05) is 26.4 Å². The first-order valence-corrected chi connectivity index (χ1v) is 13.0. The van der Waals surface area contributed by atoms with Crippen LogP contribution in [0.25, 0.3) is 0 Å². The van der Waals surface area contributed by atoms with E-state index in [1.54, 1.807) is 0 Å². The summed E-state index contributed by atoms with van der Waals surface area (Å²) in [5.74, 6) is -0.369. The Morgan fingerprint density at radius 1 is 0.833 bits per heavy atom. The van der Waals surface area contributed by atoms with Gasteiger partial charge < -0.3 is 24.4 Å². The van der Waals surface area contributed by atoms with Crippen molar-refractivity contribution >= 4 is 13.8 Å². The first kappa shape index (κ1) is 29.5. The summed E-state index contributed by atoms with van der Waals surface area (Å²) >= 11 is 0. The van der Waals surface area contributed by atoms with Gasteiger partial charge in [-0.1, -0.05) is 84.0 Å². The van der Waals surface area contributed by atoms with Crippen molar-refractivity contribution in [1.82, 2.24) is 0 Å². The van der Waals surface area contributed by atoms with Crippen LogP contribution in [0.3, 0.4) is 0 Å². The quantitative estimate of drug-likeness (QED) is 0.124. The van der Waals surface area contributed by atoms with Gasteiger partial charge in [0.05, 0.1) is 19.8 Å². The van der Waals surface area contributed by atoms with Gasteiger partial charge in [-0.3, -0.25) is 9.32 Å². The number of ether oxygens (including phenoxy) is 2. The highest BCUT2D eigenvalue weighted by atomic mass is 31.2. The van der Waals surface area contributed by atoms with Crippen LogP contribution in [-0.2, 0) is 23.4 Å². The van der Waals surface area contributed by atoms with E-state index in [4.69, 9.17) is 24.4 Å².